The number of aromatic nitrogens is 2. The van der Waals surface area contributed by atoms with Gasteiger partial charge in [0.2, 0.25) is 5.75 Å². The van der Waals surface area contributed by atoms with Gasteiger partial charge >= 0.3 is 0 Å². The molecule has 0 spiro atoms. The number of nitrogens with zero attached hydrogens (tertiary/aromatic N) is 2. The first-order chi connectivity index (χ1) is 13.2. The van der Waals surface area contributed by atoms with Crippen molar-refractivity contribution in [1.29, 1.82) is 0 Å². The molecule has 0 unspecified atom stereocenters. The molecule has 7 heteroatoms. The summed E-state index contributed by atoms with van der Waals surface area (Å²) in [7, 11) is 4.81. The van der Waals surface area contributed by atoms with Gasteiger partial charge in [-0.3, -0.25) is 0 Å². The van der Waals surface area contributed by atoms with E-state index in [2.05, 4.69) is 16.8 Å². The summed E-state index contributed by atoms with van der Waals surface area (Å²) in [6.07, 6.45) is 4.93. The van der Waals surface area contributed by atoms with Crippen molar-refractivity contribution in [3.8, 4) is 28.6 Å². The van der Waals surface area contributed by atoms with Gasteiger partial charge in [-0.15, -0.1) is 11.3 Å². The highest BCUT2D eigenvalue weighted by molar-refractivity contribution is 7.16. The molecule has 0 aliphatic heterocycles. The van der Waals surface area contributed by atoms with Crippen LogP contribution in [-0.4, -0.2) is 37.3 Å². The Morgan fingerprint density at radius 2 is 1.70 bits per heavy atom. The zero-order valence-corrected chi connectivity index (χ0v) is 16.6. The molecule has 27 heavy (non-hydrogen) atoms. The van der Waals surface area contributed by atoms with Crippen LogP contribution in [0.25, 0.3) is 21.6 Å². The molecule has 1 N–H and O–H groups in total. The van der Waals surface area contributed by atoms with Gasteiger partial charge in [0.05, 0.1) is 26.7 Å². The van der Waals surface area contributed by atoms with Crippen LogP contribution in [0.4, 0.5) is 5.82 Å². The minimum atomic E-state index is 0.482. The summed E-state index contributed by atoms with van der Waals surface area (Å²) >= 11 is 1.62. The zero-order chi connectivity index (χ0) is 18.8. The predicted octanol–water partition coefficient (Wildman–Crippen LogP) is 4.74. The van der Waals surface area contributed by atoms with E-state index in [1.807, 2.05) is 12.1 Å². The third-order valence-electron chi connectivity index (χ3n) is 4.94. The maximum atomic E-state index is 5.48. The molecule has 2 heterocycles. The molecule has 1 saturated carbocycles. The summed E-state index contributed by atoms with van der Waals surface area (Å²) in [6, 6.07) is 6.33. The molecule has 1 aromatic carbocycles. The summed E-state index contributed by atoms with van der Waals surface area (Å²) in [5.74, 6) is 3.28. The van der Waals surface area contributed by atoms with Gasteiger partial charge in [-0.05, 0) is 36.4 Å². The van der Waals surface area contributed by atoms with E-state index in [0.717, 1.165) is 21.6 Å². The molecule has 0 saturated heterocycles. The van der Waals surface area contributed by atoms with E-state index in [9.17, 15) is 0 Å². The Morgan fingerprint density at radius 1 is 1.00 bits per heavy atom. The number of benzene rings is 1. The minimum absolute atomic E-state index is 0.482. The van der Waals surface area contributed by atoms with Crippen LogP contribution in [0.5, 0.6) is 17.2 Å². The fourth-order valence-corrected chi connectivity index (χ4v) is 4.33. The van der Waals surface area contributed by atoms with Crippen LogP contribution >= 0.6 is 11.3 Å². The van der Waals surface area contributed by atoms with E-state index >= 15 is 0 Å². The minimum Gasteiger partial charge on any atom is -0.493 e. The first-order valence-corrected chi connectivity index (χ1v) is 9.93. The first-order valence-electron chi connectivity index (χ1n) is 9.05. The SMILES string of the molecule is COc1cc(-c2nc(NC3CCCC3)c3ccsc3n2)cc(OC)c1OC. The van der Waals surface area contributed by atoms with Crippen molar-refractivity contribution in [1.82, 2.24) is 9.97 Å². The lowest BCUT2D eigenvalue weighted by molar-refractivity contribution is 0.324. The molecule has 0 radical (unpaired) electrons. The standard InChI is InChI=1S/C20H23N3O3S/c1-24-15-10-12(11-16(25-2)17(15)26-3)18-22-19(21-13-6-4-5-7-13)14-8-9-27-20(14)23-18/h8-11,13H,4-7H2,1-3H3,(H,21,22,23). The molecular weight excluding hydrogens is 362 g/mol. The molecule has 1 aliphatic rings. The van der Waals surface area contributed by atoms with Crippen molar-refractivity contribution in [2.45, 2.75) is 31.7 Å². The van der Waals surface area contributed by atoms with E-state index in [0.29, 0.717) is 29.1 Å². The van der Waals surface area contributed by atoms with Crippen molar-refractivity contribution >= 4 is 27.4 Å². The van der Waals surface area contributed by atoms with E-state index in [1.165, 1.54) is 25.7 Å². The van der Waals surface area contributed by atoms with Crippen molar-refractivity contribution in [3.63, 3.8) is 0 Å². The van der Waals surface area contributed by atoms with Gasteiger partial charge in [0, 0.05) is 11.6 Å². The number of anilines is 1. The molecule has 6 nitrogen and oxygen atoms in total. The zero-order valence-electron chi connectivity index (χ0n) is 15.7. The number of thiophene rings is 1. The lowest BCUT2D eigenvalue weighted by Gasteiger charge is -2.16. The predicted molar refractivity (Wildman–Crippen MR) is 108 cm³/mol. The lowest BCUT2D eigenvalue weighted by atomic mass is 10.1. The van der Waals surface area contributed by atoms with E-state index < -0.39 is 0 Å². The van der Waals surface area contributed by atoms with Gasteiger partial charge in [0.25, 0.3) is 0 Å². The van der Waals surface area contributed by atoms with Crippen molar-refractivity contribution < 1.29 is 14.2 Å². The quantitative estimate of drug-likeness (QED) is 0.661. The van der Waals surface area contributed by atoms with Gasteiger partial charge in [-0.2, -0.15) is 0 Å². The van der Waals surface area contributed by atoms with Crippen LogP contribution in [0.1, 0.15) is 25.7 Å². The van der Waals surface area contributed by atoms with Gasteiger partial charge in [-0.25, -0.2) is 9.97 Å². The highest BCUT2D eigenvalue weighted by Crippen LogP contribution is 2.41. The van der Waals surface area contributed by atoms with Gasteiger partial charge in [0.15, 0.2) is 17.3 Å². The second-order valence-corrected chi connectivity index (χ2v) is 7.47. The van der Waals surface area contributed by atoms with Crippen LogP contribution in [-0.2, 0) is 0 Å². The first kappa shape index (κ1) is 17.9. The van der Waals surface area contributed by atoms with Gasteiger partial charge < -0.3 is 19.5 Å². The number of ether oxygens (including phenoxy) is 3. The van der Waals surface area contributed by atoms with Crippen LogP contribution in [0.15, 0.2) is 23.6 Å². The van der Waals surface area contributed by atoms with Crippen LogP contribution in [0.3, 0.4) is 0 Å². The van der Waals surface area contributed by atoms with E-state index in [4.69, 9.17) is 24.2 Å². The Kier molecular flexibility index (Phi) is 5.03. The number of hydrogen-bond donors (Lipinski definition) is 1. The summed E-state index contributed by atoms with van der Waals surface area (Å²) in [6.45, 7) is 0. The van der Waals surface area contributed by atoms with E-state index in [-0.39, 0.29) is 0 Å². The van der Waals surface area contributed by atoms with Crippen LogP contribution in [0.2, 0.25) is 0 Å². The van der Waals surface area contributed by atoms with E-state index in [1.54, 1.807) is 32.7 Å². The van der Waals surface area contributed by atoms with Crippen LogP contribution in [0, 0.1) is 0 Å². The number of fused-ring (bicyclic) bond motifs is 1. The number of methoxy groups -OCH3 is 3. The summed E-state index contributed by atoms with van der Waals surface area (Å²) in [5.41, 5.74) is 0.828. The maximum Gasteiger partial charge on any atom is 0.203 e. The molecule has 1 aliphatic carbocycles. The highest BCUT2D eigenvalue weighted by Gasteiger charge is 2.20. The average Bonchev–Trinajstić information content (AvgIpc) is 3.38. The highest BCUT2D eigenvalue weighted by atomic mass is 32.1. The van der Waals surface area contributed by atoms with Gasteiger partial charge in [-0.1, -0.05) is 12.8 Å². The summed E-state index contributed by atoms with van der Waals surface area (Å²) in [5, 5.41) is 6.75. The van der Waals surface area contributed by atoms with Crippen molar-refractivity contribution in [2.75, 3.05) is 26.6 Å². The number of nitrogens with one attached hydrogen (secondary N) is 1. The fraction of sp³-hybridized carbons (Fsp3) is 0.400. The maximum absolute atomic E-state index is 5.48. The Labute approximate surface area is 162 Å². The summed E-state index contributed by atoms with van der Waals surface area (Å²) < 4.78 is 16.4. The molecule has 0 bridgehead atoms. The van der Waals surface area contributed by atoms with Crippen molar-refractivity contribution in [2.24, 2.45) is 0 Å². The smallest absolute Gasteiger partial charge is 0.203 e. The Bertz CT molecular complexity index is 926. The Balaban J connectivity index is 1.81. The molecule has 0 atom stereocenters. The van der Waals surface area contributed by atoms with Gasteiger partial charge in [0.1, 0.15) is 10.6 Å². The molecule has 3 aromatic rings. The summed E-state index contributed by atoms with van der Waals surface area (Å²) in [4.78, 5) is 10.6. The third-order valence-corrected chi connectivity index (χ3v) is 5.75. The topological polar surface area (TPSA) is 65.5 Å². The molecule has 142 valence electrons. The average molecular weight is 385 g/mol. The Morgan fingerprint density at radius 3 is 2.33 bits per heavy atom. The fourth-order valence-electron chi connectivity index (χ4n) is 3.57. The molecular formula is C20H23N3O3S. The molecule has 2 aromatic heterocycles. The molecule has 4 rings (SSSR count). The lowest BCUT2D eigenvalue weighted by Crippen LogP contribution is -2.16. The number of hydrogen-bond acceptors (Lipinski definition) is 7. The second kappa shape index (κ2) is 7.60. The van der Waals surface area contributed by atoms with Crippen LogP contribution < -0.4 is 19.5 Å². The monoisotopic (exact) mass is 385 g/mol. The van der Waals surface area contributed by atoms with Crippen molar-refractivity contribution in [3.05, 3.63) is 23.6 Å². The Hall–Kier alpha value is -2.54. The third kappa shape index (κ3) is 3.39. The molecule has 0 amide bonds. The second-order valence-electron chi connectivity index (χ2n) is 6.57. The largest absolute Gasteiger partial charge is 0.493 e. The number of rotatable bonds is 6. The normalized spacial score (nSPS) is 14.5. The molecule has 1 fully saturated rings.